The van der Waals surface area contributed by atoms with E-state index >= 15 is 0 Å². The van der Waals surface area contributed by atoms with Crippen LogP contribution in [0.4, 0.5) is 5.82 Å². The van der Waals surface area contributed by atoms with E-state index in [9.17, 15) is 0 Å². The van der Waals surface area contributed by atoms with Crippen LogP contribution in [0.15, 0.2) is 36.7 Å². The molecule has 0 aliphatic heterocycles. The molecule has 0 unspecified atom stereocenters. The minimum Gasteiger partial charge on any atom is -0.349 e. The second-order valence-corrected chi connectivity index (χ2v) is 6.07. The molecule has 0 N–H and O–H groups in total. The van der Waals surface area contributed by atoms with Crippen molar-refractivity contribution in [3.63, 3.8) is 0 Å². The monoisotopic (exact) mass is 293 g/mol. The predicted molar refractivity (Wildman–Crippen MR) is 85.9 cm³/mol. The molecule has 1 aromatic carbocycles. The summed E-state index contributed by atoms with van der Waals surface area (Å²) >= 11 is 0. The molecule has 4 rings (SSSR count). The molecule has 0 radical (unpaired) electrons. The molecule has 0 bridgehead atoms. The first-order valence-electron chi connectivity index (χ1n) is 7.70. The third-order valence-electron chi connectivity index (χ3n) is 4.12. The van der Waals surface area contributed by atoms with Crippen LogP contribution in [0.25, 0.3) is 5.78 Å². The molecule has 112 valence electrons. The molecule has 0 atom stereocenters. The van der Waals surface area contributed by atoms with Gasteiger partial charge in [0.25, 0.3) is 5.78 Å². The van der Waals surface area contributed by atoms with Crippen LogP contribution in [0.2, 0.25) is 0 Å². The molecule has 5 nitrogen and oxygen atoms in total. The van der Waals surface area contributed by atoms with E-state index in [4.69, 9.17) is 0 Å². The van der Waals surface area contributed by atoms with E-state index in [2.05, 4.69) is 57.2 Å². The van der Waals surface area contributed by atoms with E-state index in [1.807, 2.05) is 11.4 Å². The first-order chi connectivity index (χ1) is 10.7. The van der Waals surface area contributed by atoms with Gasteiger partial charge < -0.3 is 4.90 Å². The highest BCUT2D eigenvalue weighted by Crippen LogP contribution is 2.33. The summed E-state index contributed by atoms with van der Waals surface area (Å²) in [6.45, 7) is 5.02. The fraction of sp³-hybridized carbons (Fsp3) is 0.353. The van der Waals surface area contributed by atoms with Gasteiger partial charge in [-0.15, -0.1) is 0 Å². The van der Waals surface area contributed by atoms with Gasteiger partial charge in [0.15, 0.2) is 0 Å². The summed E-state index contributed by atoms with van der Waals surface area (Å²) in [5.41, 5.74) is 3.59. The number of aryl methyl sites for hydroxylation is 2. The van der Waals surface area contributed by atoms with Crippen molar-refractivity contribution in [3.8, 4) is 0 Å². The van der Waals surface area contributed by atoms with Crippen molar-refractivity contribution in [1.82, 2.24) is 19.6 Å². The maximum atomic E-state index is 4.44. The third kappa shape index (κ3) is 2.43. The summed E-state index contributed by atoms with van der Waals surface area (Å²) in [5, 5.41) is 4.35. The molecule has 1 aliphatic carbocycles. The molecular formula is C17H19N5. The Kier molecular flexibility index (Phi) is 3.06. The highest BCUT2D eigenvalue weighted by Gasteiger charge is 2.31. The van der Waals surface area contributed by atoms with E-state index in [1.54, 1.807) is 6.33 Å². The fourth-order valence-corrected chi connectivity index (χ4v) is 2.79. The average molecular weight is 293 g/mol. The SMILES string of the molecule is Cc1ccc(CN(c2cc(C)nc3ncnn23)C2CC2)cc1. The smallest absolute Gasteiger partial charge is 0.254 e. The Hall–Kier alpha value is -2.43. The van der Waals surface area contributed by atoms with Gasteiger partial charge in [-0.2, -0.15) is 14.6 Å². The minimum absolute atomic E-state index is 0.593. The highest BCUT2D eigenvalue weighted by molar-refractivity contribution is 5.49. The number of anilines is 1. The number of hydrogen-bond acceptors (Lipinski definition) is 4. The van der Waals surface area contributed by atoms with Crippen LogP contribution in [0.5, 0.6) is 0 Å². The number of fused-ring (bicyclic) bond motifs is 1. The number of aromatic nitrogens is 4. The second kappa shape index (κ2) is 5.09. The van der Waals surface area contributed by atoms with E-state index < -0.39 is 0 Å². The van der Waals surface area contributed by atoms with Crippen molar-refractivity contribution in [2.24, 2.45) is 0 Å². The zero-order chi connectivity index (χ0) is 15.1. The molecule has 3 aromatic rings. The summed E-state index contributed by atoms with van der Waals surface area (Å²) in [7, 11) is 0. The lowest BCUT2D eigenvalue weighted by molar-refractivity contribution is 0.745. The second-order valence-electron chi connectivity index (χ2n) is 6.07. The standard InChI is InChI=1S/C17H19N5/c1-12-3-5-14(6-4-12)10-21(15-7-8-15)16-9-13(2)20-17-18-11-19-22(16)17/h3-6,9,11,15H,7-8,10H2,1-2H3. The molecule has 0 amide bonds. The lowest BCUT2D eigenvalue weighted by Gasteiger charge is -2.25. The van der Waals surface area contributed by atoms with E-state index in [0.717, 1.165) is 18.1 Å². The lowest BCUT2D eigenvalue weighted by Crippen LogP contribution is -2.27. The molecule has 5 heteroatoms. The van der Waals surface area contributed by atoms with E-state index in [0.29, 0.717) is 11.8 Å². The Labute approximate surface area is 129 Å². The normalized spacial score (nSPS) is 14.5. The van der Waals surface area contributed by atoms with Crippen LogP contribution >= 0.6 is 0 Å². The summed E-state index contributed by atoms with van der Waals surface area (Å²) < 4.78 is 1.85. The van der Waals surface area contributed by atoms with Gasteiger partial charge in [0.2, 0.25) is 0 Å². The Morgan fingerprint density at radius 2 is 1.95 bits per heavy atom. The van der Waals surface area contributed by atoms with Gasteiger partial charge in [0, 0.05) is 24.3 Å². The molecule has 1 fully saturated rings. The lowest BCUT2D eigenvalue weighted by atomic mass is 10.1. The number of hydrogen-bond donors (Lipinski definition) is 0. The predicted octanol–water partition coefficient (Wildman–Crippen LogP) is 2.91. The number of rotatable bonds is 4. The topological polar surface area (TPSA) is 46.3 Å². The fourth-order valence-electron chi connectivity index (χ4n) is 2.79. The van der Waals surface area contributed by atoms with Crippen molar-refractivity contribution < 1.29 is 0 Å². The Morgan fingerprint density at radius 3 is 2.68 bits per heavy atom. The Balaban J connectivity index is 1.74. The summed E-state index contributed by atoms with van der Waals surface area (Å²) in [6, 6.07) is 11.4. The summed E-state index contributed by atoms with van der Waals surface area (Å²) in [6.07, 6.45) is 4.05. The van der Waals surface area contributed by atoms with Crippen molar-refractivity contribution in [1.29, 1.82) is 0 Å². The highest BCUT2D eigenvalue weighted by atomic mass is 15.4. The van der Waals surface area contributed by atoms with Gasteiger partial charge in [-0.05, 0) is 32.3 Å². The van der Waals surface area contributed by atoms with Crippen molar-refractivity contribution in [3.05, 3.63) is 53.5 Å². The van der Waals surface area contributed by atoms with Crippen LogP contribution in [-0.2, 0) is 6.54 Å². The summed E-state index contributed by atoms with van der Waals surface area (Å²) in [4.78, 5) is 11.1. The van der Waals surface area contributed by atoms with Crippen molar-refractivity contribution in [2.45, 2.75) is 39.3 Å². The van der Waals surface area contributed by atoms with E-state index in [-0.39, 0.29) is 0 Å². The van der Waals surface area contributed by atoms with Crippen LogP contribution in [0.3, 0.4) is 0 Å². The van der Waals surface area contributed by atoms with Gasteiger partial charge in [-0.25, -0.2) is 4.98 Å². The van der Waals surface area contributed by atoms with Crippen LogP contribution in [-0.4, -0.2) is 25.6 Å². The summed E-state index contributed by atoms with van der Waals surface area (Å²) in [5.74, 6) is 1.76. The largest absolute Gasteiger partial charge is 0.349 e. The molecule has 0 saturated heterocycles. The van der Waals surface area contributed by atoms with Crippen LogP contribution in [0, 0.1) is 13.8 Å². The Morgan fingerprint density at radius 1 is 1.18 bits per heavy atom. The quantitative estimate of drug-likeness (QED) is 0.742. The first-order valence-corrected chi connectivity index (χ1v) is 7.70. The van der Waals surface area contributed by atoms with Crippen LogP contribution in [0.1, 0.15) is 29.7 Å². The zero-order valence-corrected chi connectivity index (χ0v) is 12.9. The van der Waals surface area contributed by atoms with Gasteiger partial charge in [-0.1, -0.05) is 29.8 Å². The zero-order valence-electron chi connectivity index (χ0n) is 12.9. The van der Waals surface area contributed by atoms with Gasteiger partial charge in [0.1, 0.15) is 12.1 Å². The Bertz CT molecular complexity index is 802. The average Bonchev–Trinajstić information content (AvgIpc) is 3.24. The van der Waals surface area contributed by atoms with Gasteiger partial charge in [-0.3, -0.25) is 0 Å². The van der Waals surface area contributed by atoms with Crippen LogP contribution < -0.4 is 4.90 Å². The molecule has 2 heterocycles. The first kappa shape index (κ1) is 13.2. The van der Waals surface area contributed by atoms with Gasteiger partial charge >= 0.3 is 0 Å². The number of nitrogens with zero attached hydrogens (tertiary/aromatic N) is 5. The molecule has 1 saturated carbocycles. The van der Waals surface area contributed by atoms with E-state index in [1.165, 1.54) is 24.0 Å². The maximum Gasteiger partial charge on any atom is 0.254 e. The number of benzene rings is 1. The molecule has 2 aromatic heterocycles. The van der Waals surface area contributed by atoms with Crippen molar-refractivity contribution >= 4 is 11.6 Å². The minimum atomic E-state index is 0.593. The van der Waals surface area contributed by atoms with Gasteiger partial charge in [0.05, 0.1) is 0 Å². The molecule has 22 heavy (non-hydrogen) atoms. The molecule has 1 aliphatic rings. The third-order valence-corrected chi connectivity index (χ3v) is 4.12. The maximum absolute atomic E-state index is 4.44. The van der Waals surface area contributed by atoms with Crippen molar-refractivity contribution in [2.75, 3.05) is 4.90 Å². The molecular weight excluding hydrogens is 274 g/mol. The molecule has 0 spiro atoms.